The Labute approximate surface area is 132 Å². The Hall–Kier alpha value is -1.88. The van der Waals surface area contributed by atoms with Gasteiger partial charge >= 0.3 is 0 Å². The van der Waals surface area contributed by atoms with Gasteiger partial charge < -0.3 is 10.2 Å². The van der Waals surface area contributed by atoms with E-state index < -0.39 is 0 Å². The number of nitrogens with one attached hydrogen (secondary N) is 1. The number of carbonyl (C=O) groups is 2. The lowest BCUT2D eigenvalue weighted by Crippen LogP contribution is -2.49. The first-order valence-electron chi connectivity index (χ1n) is 7.89. The summed E-state index contributed by atoms with van der Waals surface area (Å²) in [7, 11) is 1.81. The van der Waals surface area contributed by atoms with Gasteiger partial charge in [-0.15, -0.1) is 0 Å². The van der Waals surface area contributed by atoms with Crippen molar-refractivity contribution in [1.29, 1.82) is 0 Å². The highest BCUT2D eigenvalue weighted by Gasteiger charge is 2.27. The third-order valence-electron chi connectivity index (χ3n) is 4.00. The number of anilines is 1. The van der Waals surface area contributed by atoms with E-state index in [-0.39, 0.29) is 24.4 Å². The molecular weight excluding hydrogens is 278 g/mol. The minimum atomic E-state index is -0.342. The maximum atomic E-state index is 12.7. The van der Waals surface area contributed by atoms with Gasteiger partial charge in [-0.2, -0.15) is 0 Å². The molecule has 2 rings (SSSR count). The number of carbonyl (C=O) groups excluding carboxylic acids is 2. The first-order chi connectivity index (χ1) is 10.5. The molecule has 1 fully saturated rings. The van der Waals surface area contributed by atoms with Crippen LogP contribution in [-0.2, 0) is 9.59 Å². The van der Waals surface area contributed by atoms with Crippen molar-refractivity contribution in [3.63, 3.8) is 0 Å². The fourth-order valence-corrected chi connectivity index (χ4v) is 2.35. The van der Waals surface area contributed by atoms with Crippen LogP contribution in [-0.4, -0.2) is 48.9 Å². The first-order valence-corrected chi connectivity index (χ1v) is 7.89. The molecule has 5 nitrogen and oxygen atoms in total. The summed E-state index contributed by atoms with van der Waals surface area (Å²) in [6, 6.07) is 9.63. The molecule has 1 aromatic rings. The third-order valence-corrected chi connectivity index (χ3v) is 4.00. The third kappa shape index (κ3) is 4.31. The van der Waals surface area contributed by atoms with Gasteiger partial charge in [0.2, 0.25) is 11.8 Å². The summed E-state index contributed by atoms with van der Waals surface area (Å²) in [4.78, 5) is 28.1. The molecule has 120 valence electrons. The second kappa shape index (κ2) is 7.40. The van der Waals surface area contributed by atoms with Crippen molar-refractivity contribution in [1.82, 2.24) is 10.2 Å². The Bertz CT molecular complexity index is 514. The van der Waals surface area contributed by atoms with Gasteiger partial charge in [-0.25, -0.2) is 0 Å². The number of nitrogens with zero attached hydrogens (tertiary/aromatic N) is 2. The van der Waals surface area contributed by atoms with E-state index >= 15 is 0 Å². The molecule has 0 aromatic heterocycles. The van der Waals surface area contributed by atoms with E-state index in [2.05, 4.69) is 5.32 Å². The molecule has 0 radical (unpaired) electrons. The van der Waals surface area contributed by atoms with E-state index in [0.717, 1.165) is 18.5 Å². The van der Waals surface area contributed by atoms with Crippen molar-refractivity contribution in [2.75, 3.05) is 25.0 Å². The maximum Gasteiger partial charge on any atom is 0.244 e. The largest absolute Gasteiger partial charge is 0.352 e. The van der Waals surface area contributed by atoms with Crippen molar-refractivity contribution < 1.29 is 9.59 Å². The highest BCUT2D eigenvalue weighted by Crippen LogP contribution is 2.18. The van der Waals surface area contributed by atoms with Gasteiger partial charge in [0, 0.05) is 18.3 Å². The van der Waals surface area contributed by atoms with Gasteiger partial charge in [-0.3, -0.25) is 14.5 Å². The van der Waals surface area contributed by atoms with Gasteiger partial charge in [0.05, 0.1) is 12.6 Å². The van der Waals surface area contributed by atoms with Crippen molar-refractivity contribution in [2.24, 2.45) is 0 Å². The zero-order valence-corrected chi connectivity index (χ0v) is 13.6. The van der Waals surface area contributed by atoms with Gasteiger partial charge in [-0.05, 0) is 45.9 Å². The Morgan fingerprint density at radius 3 is 2.45 bits per heavy atom. The minimum absolute atomic E-state index is 0.00703. The monoisotopic (exact) mass is 303 g/mol. The Morgan fingerprint density at radius 2 is 1.91 bits per heavy atom. The van der Waals surface area contributed by atoms with Gasteiger partial charge in [-0.1, -0.05) is 18.2 Å². The van der Waals surface area contributed by atoms with Crippen molar-refractivity contribution in [3.05, 3.63) is 30.3 Å². The average Bonchev–Trinajstić information content (AvgIpc) is 3.31. The molecule has 1 N–H and O–H groups in total. The van der Waals surface area contributed by atoms with E-state index in [1.807, 2.05) is 51.2 Å². The number of para-hydroxylation sites is 1. The second-order valence-corrected chi connectivity index (χ2v) is 5.85. The van der Waals surface area contributed by atoms with Crippen LogP contribution in [0.1, 0.15) is 26.7 Å². The Kier molecular flexibility index (Phi) is 5.55. The average molecular weight is 303 g/mol. The first kappa shape index (κ1) is 16.5. The van der Waals surface area contributed by atoms with Crippen LogP contribution in [0, 0.1) is 0 Å². The van der Waals surface area contributed by atoms with E-state index in [1.165, 1.54) is 0 Å². The van der Waals surface area contributed by atoms with Crippen LogP contribution in [0.4, 0.5) is 5.69 Å². The van der Waals surface area contributed by atoms with E-state index in [0.29, 0.717) is 12.6 Å². The Morgan fingerprint density at radius 1 is 1.27 bits per heavy atom. The lowest BCUT2D eigenvalue weighted by Gasteiger charge is -2.29. The maximum absolute atomic E-state index is 12.7. The molecule has 1 aromatic carbocycles. The van der Waals surface area contributed by atoms with Crippen LogP contribution in [0.5, 0.6) is 0 Å². The molecule has 0 saturated heterocycles. The molecule has 0 spiro atoms. The van der Waals surface area contributed by atoms with E-state index in [1.54, 1.807) is 9.80 Å². The summed E-state index contributed by atoms with van der Waals surface area (Å²) < 4.78 is 0. The normalized spacial score (nSPS) is 15.5. The molecule has 5 heteroatoms. The lowest BCUT2D eigenvalue weighted by atomic mass is 10.2. The highest BCUT2D eigenvalue weighted by atomic mass is 16.2. The summed E-state index contributed by atoms with van der Waals surface area (Å²) in [6.45, 7) is 4.65. The summed E-state index contributed by atoms with van der Waals surface area (Å²) in [6.07, 6.45) is 2.14. The standard InChI is InChI=1S/C17H25N3O2/c1-4-20(15-8-6-5-7-9-15)17(22)13(2)19(3)12-16(21)18-14-10-11-14/h5-9,13-14H,4,10-12H2,1-3H3,(H,18,21)/t13-/m0/s1. The van der Waals surface area contributed by atoms with Crippen LogP contribution in [0.25, 0.3) is 0 Å². The smallest absolute Gasteiger partial charge is 0.244 e. The SMILES string of the molecule is CCN(C(=O)[C@H](C)N(C)CC(=O)NC1CC1)c1ccccc1. The predicted octanol–water partition coefficient (Wildman–Crippen LogP) is 1.64. The quantitative estimate of drug-likeness (QED) is 0.833. The van der Waals surface area contributed by atoms with Crippen LogP contribution < -0.4 is 10.2 Å². The fourth-order valence-electron chi connectivity index (χ4n) is 2.35. The Balaban J connectivity index is 1.95. The molecule has 2 amide bonds. The molecule has 1 atom stereocenters. The topological polar surface area (TPSA) is 52.7 Å². The van der Waals surface area contributed by atoms with Crippen molar-refractivity contribution in [3.8, 4) is 0 Å². The van der Waals surface area contributed by atoms with Crippen molar-refractivity contribution in [2.45, 2.75) is 38.8 Å². The van der Waals surface area contributed by atoms with Crippen LogP contribution in [0.3, 0.4) is 0 Å². The van der Waals surface area contributed by atoms with Crippen LogP contribution in [0.15, 0.2) is 30.3 Å². The molecule has 1 saturated carbocycles. The molecule has 1 aliphatic carbocycles. The number of hydrogen-bond donors (Lipinski definition) is 1. The summed E-state index contributed by atoms with van der Waals surface area (Å²) in [5.74, 6) is 0.00262. The number of benzene rings is 1. The zero-order chi connectivity index (χ0) is 16.1. The number of likely N-dealkylation sites (N-methyl/N-ethyl adjacent to an activating group) is 2. The number of hydrogen-bond acceptors (Lipinski definition) is 3. The molecule has 0 unspecified atom stereocenters. The van der Waals surface area contributed by atoms with Crippen LogP contribution in [0.2, 0.25) is 0 Å². The van der Waals surface area contributed by atoms with Crippen molar-refractivity contribution >= 4 is 17.5 Å². The lowest BCUT2D eigenvalue weighted by molar-refractivity contribution is -0.126. The molecular formula is C17H25N3O2. The second-order valence-electron chi connectivity index (χ2n) is 5.85. The zero-order valence-electron chi connectivity index (χ0n) is 13.6. The van der Waals surface area contributed by atoms with Crippen LogP contribution >= 0.6 is 0 Å². The number of rotatable bonds is 7. The summed E-state index contributed by atoms with van der Waals surface area (Å²) in [5, 5.41) is 2.95. The van der Waals surface area contributed by atoms with Gasteiger partial charge in [0.25, 0.3) is 0 Å². The molecule has 1 aliphatic rings. The minimum Gasteiger partial charge on any atom is -0.352 e. The van der Waals surface area contributed by atoms with Gasteiger partial charge in [0.1, 0.15) is 0 Å². The van der Waals surface area contributed by atoms with E-state index in [4.69, 9.17) is 0 Å². The summed E-state index contributed by atoms with van der Waals surface area (Å²) >= 11 is 0. The molecule has 0 bridgehead atoms. The number of amides is 2. The predicted molar refractivity (Wildman–Crippen MR) is 87.7 cm³/mol. The highest BCUT2D eigenvalue weighted by molar-refractivity contribution is 5.97. The molecule has 0 aliphatic heterocycles. The van der Waals surface area contributed by atoms with E-state index in [9.17, 15) is 9.59 Å². The van der Waals surface area contributed by atoms with Gasteiger partial charge in [0.15, 0.2) is 0 Å². The molecule has 0 heterocycles. The summed E-state index contributed by atoms with van der Waals surface area (Å²) in [5.41, 5.74) is 0.887. The fraction of sp³-hybridized carbons (Fsp3) is 0.529. The molecule has 22 heavy (non-hydrogen) atoms.